The number of benzene rings is 1. The lowest BCUT2D eigenvalue weighted by atomic mass is 9.94. The maximum absolute atomic E-state index is 12.2. The van der Waals surface area contributed by atoms with Crippen LogP contribution < -0.4 is 5.32 Å². The minimum Gasteiger partial charge on any atom is -0.341 e. The predicted octanol–water partition coefficient (Wildman–Crippen LogP) is 3.49. The third kappa shape index (κ3) is 3.22. The van der Waals surface area contributed by atoms with Gasteiger partial charge in [0, 0.05) is 5.33 Å². The van der Waals surface area contributed by atoms with Crippen molar-refractivity contribution < 1.29 is 4.79 Å². The van der Waals surface area contributed by atoms with Crippen molar-refractivity contribution in [3.63, 3.8) is 0 Å². The smallest absolute Gasteiger partial charge is 0.263 e. The van der Waals surface area contributed by atoms with E-state index in [0.717, 1.165) is 10.6 Å². The quantitative estimate of drug-likeness (QED) is 0.867. The largest absolute Gasteiger partial charge is 0.341 e. The number of alkyl halides is 1. The van der Waals surface area contributed by atoms with Gasteiger partial charge < -0.3 is 5.32 Å². The summed E-state index contributed by atoms with van der Waals surface area (Å²) in [5, 5.41) is 4.61. The molecule has 1 aromatic carbocycles. The summed E-state index contributed by atoms with van der Waals surface area (Å²) in [6, 6.07) is 9.93. The van der Waals surface area contributed by atoms with Crippen molar-refractivity contribution in [2.45, 2.75) is 19.4 Å². The van der Waals surface area contributed by atoms with Gasteiger partial charge in [0.1, 0.15) is 4.88 Å². The van der Waals surface area contributed by atoms with Crippen LogP contribution in [0.1, 0.15) is 27.2 Å². The van der Waals surface area contributed by atoms with Crippen LogP contribution in [-0.2, 0) is 5.54 Å². The van der Waals surface area contributed by atoms with E-state index in [1.165, 1.54) is 11.3 Å². The molecule has 0 bridgehead atoms. The first kappa shape index (κ1) is 14.2. The summed E-state index contributed by atoms with van der Waals surface area (Å²) in [4.78, 5) is 17.0. The Morgan fingerprint density at radius 3 is 2.63 bits per heavy atom. The lowest BCUT2D eigenvalue weighted by Gasteiger charge is -2.29. The Bertz CT molecular complexity index is 570. The molecule has 0 saturated carbocycles. The van der Waals surface area contributed by atoms with E-state index in [-0.39, 0.29) is 5.91 Å². The number of hydrogen-bond acceptors (Lipinski definition) is 3. The molecular weight excluding hydrogens is 324 g/mol. The number of halogens is 1. The van der Waals surface area contributed by atoms with Crippen LogP contribution in [0.15, 0.2) is 36.5 Å². The number of rotatable bonds is 4. The van der Waals surface area contributed by atoms with Crippen molar-refractivity contribution in [2.75, 3.05) is 5.33 Å². The van der Waals surface area contributed by atoms with Gasteiger partial charge in [-0.05, 0) is 19.4 Å². The topological polar surface area (TPSA) is 42.0 Å². The molecule has 5 heteroatoms. The van der Waals surface area contributed by atoms with E-state index in [1.54, 1.807) is 6.20 Å². The highest BCUT2D eigenvalue weighted by Gasteiger charge is 2.28. The lowest BCUT2D eigenvalue weighted by Crippen LogP contribution is -2.44. The van der Waals surface area contributed by atoms with Crippen molar-refractivity contribution in [2.24, 2.45) is 0 Å². The second-order valence-electron chi connectivity index (χ2n) is 4.53. The Hall–Kier alpha value is -1.20. The molecule has 0 aliphatic carbocycles. The fourth-order valence-corrected chi connectivity index (χ4v) is 2.90. The minimum atomic E-state index is -0.434. The Morgan fingerprint density at radius 2 is 2.11 bits per heavy atom. The zero-order valence-corrected chi connectivity index (χ0v) is 13.2. The molecule has 1 atom stereocenters. The Balaban J connectivity index is 2.22. The highest BCUT2D eigenvalue weighted by molar-refractivity contribution is 9.09. The van der Waals surface area contributed by atoms with Gasteiger partial charge in [-0.1, -0.05) is 46.3 Å². The molecule has 1 amide bonds. The van der Waals surface area contributed by atoms with Crippen LogP contribution in [0.5, 0.6) is 0 Å². The minimum absolute atomic E-state index is 0.0867. The Labute approximate surface area is 125 Å². The van der Waals surface area contributed by atoms with Crippen LogP contribution in [0.25, 0.3) is 0 Å². The van der Waals surface area contributed by atoms with Crippen molar-refractivity contribution >= 4 is 33.2 Å². The molecule has 1 N–H and O–H groups in total. The number of hydrogen-bond donors (Lipinski definition) is 1. The van der Waals surface area contributed by atoms with E-state index in [1.807, 2.05) is 44.2 Å². The van der Waals surface area contributed by atoms with Crippen LogP contribution in [0.3, 0.4) is 0 Å². The van der Waals surface area contributed by atoms with Gasteiger partial charge in [0.15, 0.2) is 0 Å². The molecule has 19 heavy (non-hydrogen) atoms. The summed E-state index contributed by atoms with van der Waals surface area (Å²) in [7, 11) is 0. The average molecular weight is 339 g/mol. The molecule has 0 aliphatic rings. The van der Waals surface area contributed by atoms with Crippen molar-refractivity contribution in [3.8, 4) is 0 Å². The molecule has 0 radical (unpaired) electrons. The summed E-state index contributed by atoms with van der Waals surface area (Å²) in [5.41, 5.74) is 0.637. The number of nitrogens with one attached hydrogen (secondary N) is 1. The van der Waals surface area contributed by atoms with Gasteiger partial charge in [0.2, 0.25) is 0 Å². The third-order valence-corrected chi connectivity index (χ3v) is 4.95. The number of carbonyl (C=O) groups is 1. The van der Waals surface area contributed by atoms with Crippen LogP contribution in [0.2, 0.25) is 0 Å². The van der Waals surface area contributed by atoms with E-state index in [4.69, 9.17) is 0 Å². The second-order valence-corrected chi connectivity index (χ2v) is 6.32. The monoisotopic (exact) mass is 338 g/mol. The fraction of sp³-hybridized carbons (Fsp3) is 0.286. The summed E-state index contributed by atoms with van der Waals surface area (Å²) in [6.07, 6.45) is 1.62. The number of aryl methyl sites for hydroxylation is 1. The molecule has 1 aromatic heterocycles. The fourth-order valence-electron chi connectivity index (χ4n) is 1.77. The van der Waals surface area contributed by atoms with Crippen LogP contribution in [-0.4, -0.2) is 16.2 Å². The first-order valence-electron chi connectivity index (χ1n) is 5.91. The van der Waals surface area contributed by atoms with E-state index < -0.39 is 5.54 Å². The maximum Gasteiger partial charge on any atom is 0.263 e. The highest BCUT2D eigenvalue weighted by atomic mass is 79.9. The predicted molar refractivity (Wildman–Crippen MR) is 81.9 cm³/mol. The summed E-state index contributed by atoms with van der Waals surface area (Å²) in [5.74, 6) is -0.0867. The molecule has 1 unspecified atom stereocenters. The molecule has 0 saturated heterocycles. The SMILES string of the molecule is Cc1ncc(C(=O)NC(C)(CBr)c2ccccc2)s1. The normalized spacial score (nSPS) is 13.8. The van der Waals surface area contributed by atoms with Crippen molar-refractivity contribution in [1.29, 1.82) is 0 Å². The summed E-state index contributed by atoms with van der Waals surface area (Å²) in [6.45, 7) is 3.89. The third-order valence-electron chi connectivity index (χ3n) is 2.91. The standard InChI is InChI=1S/C14H15BrN2OS/c1-10-16-8-12(19-10)13(18)17-14(2,9-15)11-6-4-3-5-7-11/h3-8H,9H2,1-2H3,(H,17,18). The zero-order valence-electron chi connectivity index (χ0n) is 10.8. The van der Waals surface area contributed by atoms with Crippen LogP contribution in [0, 0.1) is 6.92 Å². The van der Waals surface area contributed by atoms with E-state index in [2.05, 4.69) is 26.2 Å². The number of nitrogens with zero attached hydrogens (tertiary/aromatic N) is 1. The van der Waals surface area contributed by atoms with Crippen LogP contribution in [0.4, 0.5) is 0 Å². The molecule has 0 spiro atoms. The highest BCUT2D eigenvalue weighted by Crippen LogP contribution is 2.24. The van der Waals surface area contributed by atoms with E-state index >= 15 is 0 Å². The molecule has 100 valence electrons. The van der Waals surface area contributed by atoms with Gasteiger partial charge in [-0.3, -0.25) is 4.79 Å². The molecular formula is C14H15BrN2OS. The second kappa shape index (κ2) is 5.84. The lowest BCUT2D eigenvalue weighted by molar-refractivity contribution is 0.0918. The summed E-state index contributed by atoms with van der Waals surface area (Å²) < 4.78 is 0. The van der Waals surface area contributed by atoms with Crippen molar-refractivity contribution in [3.05, 3.63) is 52.0 Å². The van der Waals surface area contributed by atoms with Gasteiger partial charge >= 0.3 is 0 Å². The van der Waals surface area contributed by atoms with E-state index in [9.17, 15) is 4.79 Å². The maximum atomic E-state index is 12.2. The van der Waals surface area contributed by atoms with Crippen LogP contribution >= 0.6 is 27.3 Å². The molecule has 0 aliphatic heterocycles. The number of thiazole rings is 1. The van der Waals surface area contributed by atoms with E-state index in [0.29, 0.717) is 10.2 Å². The van der Waals surface area contributed by atoms with Gasteiger partial charge in [0.25, 0.3) is 5.91 Å². The van der Waals surface area contributed by atoms with Gasteiger partial charge in [0.05, 0.1) is 16.7 Å². The van der Waals surface area contributed by atoms with Gasteiger partial charge in [-0.15, -0.1) is 11.3 Å². The number of amides is 1. The Morgan fingerprint density at radius 1 is 1.42 bits per heavy atom. The molecule has 2 aromatic rings. The Kier molecular flexibility index (Phi) is 4.37. The zero-order chi connectivity index (χ0) is 13.9. The molecule has 0 fully saturated rings. The molecule has 1 heterocycles. The first-order valence-corrected chi connectivity index (χ1v) is 7.85. The van der Waals surface area contributed by atoms with Gasteiger partial charge in [-0.2, -0.15) is 0 Å². The first-order chi connectivity index (χ1) is 9.05. The van der Waals surface area contributed by atoms with Gasteiger partial charge in [-0.25, -0.2) is 4.98 Å². The molecule has 2 rings (SSSR count). The molecule has 3 nitrogen and oxygen atoms in total. The van der Waals surface area contributed by atoms with Crippen molar-refractivity contribution in [1.82, 2.24) is 10.3 Å². The number of carbonyl (C=O) groups excluding carboxylic acids is 1. The average Bonchev–Trinajstić information content (AvgIpc) is 2.86. The number of aromatic nitrogens is 1. The summed E-state index contributed by atoms with van der Waals surface area (Å²) >= 11 is 4.89.